The first-order valence-electron chi connectivity index (χ1n) is 9.49. The highest BCUT2D eigenvalue weighted by Crippen LogP contribution is 2.43. The van der Waals surface area contributed by atoms with Crippen molar-refractivity contribution in [3.63, 3.8) is 0 Å². The summed E-state index contributed by atoms with van der Waals surface area (Å²) in [5.41, 5.74) is 0.982. The van der Waals surface area contributed by atoms with Crippen molar-refractivity contribution in [1.82, 2.24) is 24.6 Å². The van der Waals surface area contributed by atoms with Crippen LogP contribution < -0.4 is 5.56 Å². The molecule has 0 bridgehead atoms. The maximum Gasteiger partial charge on any atom is 0.262 e. The van der Waals surface area contributed by atoms with Gasteiger partial charge in [-0.25, -0.2) is 4.98 Å². The Morgan fingerprint density at radius 2 is 2.08 bits per heavy atom. The number of aryl methyl sites for hydroxylation is 1. The van der Waals surface area contributed by atoms with Crippen LogP contribution >= 0.6 is 0 Å². The van der Waals surface area contributed by atoms with Crippen molar-refractivity contribution in [2.75, 3.05) is 0 Å². The van der Waals surface area contributed by atoms with E-state index in [9.17, 15) is 4.79 Å². The second-order valence-electron chi connectivity index (χ2n) is 8.99. The van der Waals surface area contributed by atoms with E-state index in [-0.39, 0.29) is 5.56 Å². The van der Waals surface area contributed by atoms with Crippen molar-refractivity contribution in [1.29, 1.82) is 0 Å². The lowest BCUT2D eigenvalue weighted by molar-refractivity contribution is 0.0549. The summed E-state index contributed by atoms with van der Waals surface area (Å²) in [6.07, 6.45) is 7.91. The molecule has 2 saturated carbocycles. The smallest absolute Gasteiger partial charge is 0.262 e. The Kier molecular flexibility index (Phi) is 3.98. The predicted octanol–water partition coefficient (Wildman–Crippen LogP) is 2.84. The molecule has 2 heterocycles. The monoisotopic (exact) mass is 343 g/mol. The Morgan fingerprint density at radius 1 is 1.32 bits per heavy atom. The van der Waals surface area contributed by atoms with E-state index in [1.54, 1.807) is 10.9 Å². The van der Waals surface area contributed by atoms with Crippen LogP contribution in [0.1, 0.15) is 58.7 Å². The third kappa shape index (κ3) is 3.36. The summed E-state index contributed by atoms with van der Waals surface area (Å²) in [5.74, 6) is 1.52. The first-order valence-corrected chi connectivity index (χ1v) is 9.49. The standard InChI is InChI=1S/C19H29N5O/c1-12-7-14(9-19(2,3)8-12)24(13-5-6-13)11-16-21-17-15(18(25)22-16)10-20-23(17)4/h10,12-14H,5-9,11H2,1-4H3,(H,21,22,25)/t12-,14-/m0/s1. The first-order chi connectivity index (χ1) is 11.8. The largest absolute Gasteiger partial charge is 0.309 e. The van der Waals surface area contributed by atoms with Crippen LogP contribution in [0.2, 0.25) is 0 Å². The van der Waals surface area contributed by atoms with Gasteiger partial charge in [-0.2, -0.15) is 5.10 Å². The number of nitrogens with one attached hydrogen (secondary N) is 1. The first kappa shape index (κ1) is 16.8. The van der Waals surface area contributed by atoms with E-state index in [0.29, 0.717) is 28.5 Å². The Morgan fingerprint density at radius 3 is 2.76 bits per heavy atom. The molecule has 1 N–H and O–H groups in total. The molecule has 2 fully saturated rings. The number of fused-ring (bicyclic) bond motifs is 1. The predicted molar refractivity (Wildman–Crippen MR) is 98.3 cm³/mol. The summed E-state index contributed by atoms with van der Waals surface area (Å²) in [5, 5.41) is 4.73. The molecule has 0 radical (unpaired) electrons. The fourth-order valence-corrected chi connectivity index (χ4v) is 4.84. The Balaban J connectivity index is 1.62. The molecular formula is C19H29N5O. The number of H-pyrrole nitrogens is 1. The summed E-state index contributed by atoms with van der Waals surface area (Å²) < 4.78 is 1.68. The minimum absolute atomic E-state index is 0.0822. The average Bonchev–Trinajstić information content (AvgIpc) is 3.27. The molecule has 0 aliphatic heterocycles. The zero-order chi connectivity index (χ0) is 17.8. The molecule has 2 aromatic heterocycles. The van der Waals surface area contributed by atoms with Gasteiger partial charge in [0.05, 0.1) is 12.7 Å². The van der Waals surface area contributed by atoms with Crippen LogP contribution in [0.15, 0.2) is 11.0 Å². The normalized spacial score (nSPS) is 26.4. The van der Waals surface area contributed by atoms with Crippen molar-refractivity contribution in [2.45, 2.75) is 71.5 Å². The minimum atomic E-state index is -0.0822. The maximum absolute atomic E-state index is 12.3. The van der Waals surface area contributed by atoms with Gasteiger partial charge in [-0.15, -0.1) is 0 Å². The average molecular weight is 343 g/mol. The molecule has 0 aromatic carbocycles. The van der Waals surface area contributed by atoms with Crippen molar-refractivity contribution < 1.29 is 0 Å². The van der Waals surface area contributed by atoms with E-state index in [4.69, 9.17) is 4.98 Å². The number of nitrogens with zero attached hydrogens (tertiary/aromatic N) is 4. The highest BCUT2D eigenvalue weighted by atomic mass is 16.1. The molecular weight excluding hydrogens is 314 g/mol. The Labute approximate surface area is 148 Å². The lowest BCUT2D eigenvalue weighted by atomic mass is 9.70. The molecule has 6 heteroatoms. The summed E-state index contributed by atoms with van der Waals surface area (Å²) >= 11 is 0. The molecule has 6 nitrogen and oxygen atoms in total. The van der Waals surface area contributed by atoms with Crippen LogP contribution in [-0.2, 0) is 13.6 Å². The van der Waals surface area contributed by atoms with Crippen LogP contribution in [0.25, 0.3) is 11.0 Å². The van der Waals surface area contributed by atoms with Crippen LogP contribution in [0.3, 0.4) is 0 Å². The van der Waals surface area contributed by atoms with Crippen molar-refractivity contribution in [3.05, 3.63) is 22.4 Å². The van der Waals surface area contributed by atoms with Gasteiger partial charge in [0.2, 0.25) is 0 Å². The van der Waals surface area contributed by atoms with Crippen LogP contribution in [-0.4, -0.2) is 36.7 Å². The highest BCUT2D eigenvalue weighted by Gasteiger charge is 2.40. The lowest BCUT2D eigenvalue weighted by Crippen LogP contribution is -2.44. The van der Waals surface area contributed by atoms with E-state index in [1.807, 2.05) is 7.05 Å². The molecule has 136 valence electrons. The molecule has 2 aliphatic rings. The fourth-order valence-electron chi connectivity index (χ4n) is 4.84. The van der Waals surface area contributed by atoms with E-state index in [1.165, 1.54) is 32.1 Å². The summed E-state index contributed by atoms with van der Waals surface area (Å²) in [4.78, 5) is 22.6. The van der Waals surface area contributed by atoms with Gasteiger partial charge in [0, 0.05) is 19.1 Å². The number of hydrogen-bond acceptors (Lipinski definition) is 4. The van der Waals surface area contributed by atoms with Crippen molar-refractivity contribution in [3.8, 4) is 0 Å². The topological polar surface area (TPSA) is 66.8 Å². The van der Waals surface area contributed by atoms with Gasteiger partial charge in [0.25, 0.3) is 5.56 Å². The Hall–Kier alpha value is -1.69. The quantitative estimate of drug-likeness (QED) is 0.927. The van der Waals surface area contributed by atoms with Crippen LogP contribution in [0.5, 0.6) is 0 Å². The number of aromatic amines is 1. The highest BCUT2D eigenvalue weighted by molar-refractivity contribution is 5.72. The number of hydrogen-bond donors (Lipinski definition) is 1. The molecule has 0 spiro atoms. The Bertz CT molecular complexity index is 832. The zero-order valence-electron chi connectivity index (χ0n) is 15.7. The third-order valence-corrected chi connectivity index (χ3v) is 5.83. The second-order valence-corrected chi connectivity index (χ2v) is 8.99. The molecule has 0 unspecified atom stereocenters. The van der Waals surface area contributed by atoms with Gasteiger partial charge in [0.1, 0.15) is 11.2 Å². The van der Waals surface area contributed by atoms with Crippen LogP contribution in [0, 0.1) is 11.3 Å². The molecule has 25 heavy (non-hydrogen) atoms. The number of rotatable bonds is 4. The molecule has 2 aliphatic carbocycles. The molecule has 0 saturated heterocycles. The van der Waals surface area contributed by atoms with Gasteiger partial charge in [-0.05, 0) is 43.4 Å². The molecule has 0 amide bonds. The molecule has 4 rings (SSSR count). The number of aromatic nitrogens is 4. The van der Waals surface area contributed by atoms with E-state index < -0.39 is 0 Å². The van der Waals surface area contributed by atoms with Gasteiger partial charge in [0.15, 0.2) is 5.65 Å². The van der Waals surface area contributed by atoms with Gasteiger partial charge in [-0.3, -0.25) is 14.4 Å². The summed E-state index contributed by atoms with van der Waals surface area (Å²) in [7, 11) is 1.84. The third-order valence-electron chi connectivity index (χ3n) is 5.83. The van der Waals surface area contributed by atoms with E-state index >= 15 is 0 Å². The fraction of sp³-hybridized carbons (Fsp3) is 0.737. The van der Waals surface area contributed by atoms with Crippen molar-refractivity contribution in [2.24, 2.45) is 18.4 Å². The minimum Gasteiger partial charge on any atom is -0.309 e. The molecule has 2 aromatic rings. The van der Waals surface area contributed by atoms with Gasteiger partial charge in [-0.1, -0.05) is 20.8 Å². The lowest BCUT2D eigenvalue weighted by Gasteiger charge is -2.44. The SMILES string of the molecule is C[C@H]1C[C@H](N(Cc2nc3c(cnn3C)c(=O)[nH]2)C2CC2)CC(C)(C)C1. The van der Waals surface area contributed by atoms with E-state index in [0.717, 1.165) is 18.3 Å². The van der Waals surface area contributed by atoms with Crippen LogP contribution in [0.4, 0.5) is 0 Å². The van der Waals surface area contributed by atoms with Gasteiger partial charge >= 0.3 is 0 Å². The molecule has 2 atom stereocenters. The zero-order valence-corrected chi connectivity index (χ0v) is 15.7. The van der Waals surface area contributed by atoms with Gasteiger partial charge < -0.3 is 4.98 Å². The second kappa shape index (κ2) is 5.94. The maximum atomic E-state index is 12.3. The summed E-state index contributed by atoms with van der Waals surface area (Å²) in [6, 6.07) is 1.23. The van der Waals surface area contributed by atoms with E-state index in [2.05, 4.69) is 35.8 Å². The van der Waals surface area contributed by atoms with Crippen molar-refractivity contribution >= 4 is 11.0 Å². The summed E-state index contributed by atoms with van der Waals surface area (Å²) in [6.45, 7) is 7.89.